The standard InChI is InChI=1S/C13H12N/c1-2-14-11-7-6-10-13(14)12-8-4-3-5-9-12/h2-11H,1H2/q+1. The highest BCUT2D eigenvalue weighted by molar-refractivity contribution is 5.56. The summed E-state index contributed by atoms with van der Waals surface area (Å²) in [6, 6.07) is 16.4. The van der Waals surface area contributed by atoms with Crippen molar-refractivity contribution >= 4 is 6.20 Å². The molecule has 0 saturated heterocycles. The fraction of sp³-hybridized carbons (Fsp3) is 0. The lowest BCUT2D eigenvalue weighted by atomic mass is 10.1. The topological polar surface area (TPSA) is 3.88 Å². The van der Waals surface area contributed by atoms with Crippen molar-refractivity contribution in [2.45, 2.75) is 0 Å². The fourth-order valence-electron chi connectivity index (χ4n) is 1.47. The minimum Gasteiger partial charge on any atom is -0.167 e. The molecule has 2 aromatic rings. The van der Waals surface area contributed by atoms with Crippen LogP contribution in [0.5, 0.6) is 0 Å². The largest absolute Gasteiger partial charge is 0.217 e. The fourth-order valence-corrected chi connectivity index (χ4v) is 1.47. The van der Waals surface area contributed by atoms with E-state index < -0.39 is 0 Å². The zero-order valence-corrected chi connectivity index (χ0v) is 7.93. The monoisotopic (exact) mass is 182 g/mol. The summed E-state index contributed by atoms with van der Waals surface area (Å²) < 4.78 is 2.01. The van der Waals surface area contributed by atoms with Crippen molar-refractivity contribution < 1.29 is 4.57 Å². The van der Waals surface area contributed by atoms with Crippen molar-refractivity contribution in [2.75, 3.05) is 0 Å². The average molecular weight is 182 g/mol. The Kier molecular flexibility index (Phi) is 2.41. The summed E-state index contributed by atoms with van der Waals surface area (Å²) in [5.41, 5.74) is 2.36. The molecule has 0 fully saturated rings. The summed E-state index contributed by atoms with van der Waals surface area (Å²) in [7, 11) is 0. The lowest BCUT2D eigenvalue weighted by Crippen LogP contribution is -2.27. The first kappa shape index (κ1) is 8.70. The predicted octanol–water partition coefficient (Wildman–Crippen LogP) is 2.74. The van der Waals surface area contributed by atoms with Crippen LogP contribution in [0.25, 0.3) is 17.5 Å². The molecule has 0 aliphatic rings. The van der Waals surface area contributed by atoms with Crippen LogP contribution in [0.15, 0.2) is 61.3 Å². The highest BCUT2D eigenvalue weighted by atomic mass is 14.9. The van der Waals surface area contributed by atoms with Crippen LogP contribution in [-0.4, -0.2) is 0 Å². The number of pyridine rings is 1. The highest BCUT2D eigenvalue weighted by Gasteiger charge is 2.07. The summed E-state index contributed by atoms with van der Waals surface area (Å²) >= 11 is 0. The van der Waals surface area contributed by atoms with E-state index in [2.05, 4.69) is 24.8 Å². The minimum absolute atomic E-state index is 1.16. The summed E-state index contributed by atoms with van der Waals surface area (Å²) in [4.78, 5) is 0. The van der Waals surface area contributed by atoms with Gasteiger partial charge < -0.3 is 0 Å². The van der Waals surface area contributed by atoms with Crippen LogP contribution in [-0.2, 0) is 0 Å². The summed E-state index contributed by atoms with van der Waals surface area (Å²) in [5, 5.41) is 0. The molecule has 1 nitrogen and oxygen atoms in total. The second kappa shape index (κ2) is 3.88. The SMILES string of the molecule is C=C[n+]1ccccc1-c1ccccc1. The molecule has 0 aliphatic heterocycles. The molecule has 0 radical (unpaired) electrons. The number of aromatic nitrogens is 1. The average Bonchev–Trinajstić information content (AvgIpc) is 2.30. The minimum atomic E-state index is 1.16. The maximum absolute atomic E-state index is 3.78. The number of hydrogen-bond donors (Lipinski definition) is 0. The van der Waals surface area contributed by atoms with Gasteiger partial charge in [-0.2, -0.15) is 4.57 Å². The lowest BCUT2D eigenvalue weighted by Gasteiger charge is -1.98. The maximum Gasteiger partial charge on any atom is 0.217 e. The molecule has 0 amide bonds. The van der Waals surface area contributed by atoms with E-state index in [-0.39, 0.29) is 0 Å². The summed E-state index contributed by atoms with van der Waals surface area (Å²) in [5.74, 6) is 0. The van der Waals surface area contributed by atoms with Crippen LogP contribution < -0.4 is 4.57 Å². The third-order valence-electron chi connectivity index (χ3n) is 2.16. The predicted molar refractivity (Wildman–Crippen MR) is 58.5 cm³/mol. The van der Waals surface area contributed by atoms with E-state index >= 15 is 0 Å². The lowest BCUT2D eigenvalue weighted by molar-refractivity contribution is -0.555. The van der Waals surface area contributed by atoms with Gasteiger partial charge in [0, 0.05) is 17.7 Å². The molecule has 0 bridgehead atoms. The van der Waals surface area contributed by atoms with Crippen LogP contribution in [0.3, 0.4) is 0 Å². The molecule has 68 valence electrons. The van der Waals surface area contributed by atoms with E-state index in [0.717, 1.165) is 5.69 Å². The van der Waals surface area contributed by atoms with E-state index in [4.69, 9.17) is 0 Å². The van der Waals surface area contributed by atoms with Crippen molar-refractivity contribution in [3.8, 4) is 11.3 Å². The Labute approximate surface area is 84.0 Å². The smallest absolute Gasteiger partial charge is 0.167 e. The van der Waals surface area contributed by atoms with Gasteiger partial charge in [-0.05, 0) is 24.8 Å². The van der Waals surface area contributed by atoms with Gasteiger partial charge in [0.1, 0.15) is 0 Å². The Morgan fingerprint density at radius 3 is 2.36 bits per heavy atom. The van der Waals surface area contributed by atoms with Crippen molar-refractivity contribution in [3.05, 3.63) is 61.3 Å². The second-order valence-electron chi connectivity index (χ2n) is 3.04. The first-order valence-electron chi connectivity index (χ1n) is 4.60. The molecule has 0 saturated carbocycles. The van der Waals surface area contributed by atoms with Gasteiger partial charge in [-0.25, -0.2) is 0 Å². The zero-order valence-electron chi connectivity index (χ0n) is 7.93. The van der Waals surface area contributed by atoms with Gasteiger partial charge in [-0.15, -0.1) is 0 Å². The molecule has 1 heterocycles. The van der Waals surface area contributed by atoms with E-state index in [1.807, 2.05) is 47.3 Å². The normalized spacial score (nSPS) is 9.71. The molecule has 14 heavy (non-hydrogen) atoms. The Bertz CT molecular complexity index is 432. The molecule has 0 unspecified atom stereocenters. The Morgan fingerprint density at radius 1 is 0.929 bits per heavy atom. The van der Waals surface area contributed by atoms with Crippen LogP contribution in [0, 0.1) is 0 Å². The van der Waals surface area contributed by atoms with Gasteiger partial charge in [-0.3, -0.25) is 0 Å². The van der Waals surface area contributed by atoms with Crippen LogP contribution in [0.1, 0.15) is 0 Å². The van der Waals surface area contributed by atoms with E-state index in [9.17, 15) is 0 Å². The van der Waals surface area contributed by atoms with Crippen molar-refractivity contribution in [2.24, 2.45) is 0 Å². The highest BCUT2D eigenvalue weighted by Crippen LogP contribution is 2.13. The third-order valence-corrected chi connectivity index (χ3v) is 2.16. The number of rotatable bonds is 2. The van der Waals surface area contributed by atoms with Gasteiger partial charge in [0.25, 0.3) is 0 Å². The molecule has 0 N–H and O–H groups in total. The van der Waals surface area contributed by atoms with Crippen molar-refractivity contribution in [3.63, 3.8) is 0 Å². The quantitative estimate of drug-likeness (QED) is 0.629. The number of hydrogen-bond acceptors (Lipinski definition) is 0. The maximum atomic E-state index is 3.78. The van der Waals surface area contributed by atoms with Gasteiger partial charge >= 0.3 is 0 Å². The molecule has 0 aliphatic carbocycles. The van der Waals surface area contributed by atoms with Gasteiger partial charge in [0.05, 0.1) is 0 Å². The third kappa shape index (κ3) is 1.57. The van der Waals surface area contributed by atoms with Crippen LogP contribution in [0.2, 0.25) is 0 Å². The molecule has 1 aromatic carbocycles. The molecule has 2 rings (SSSR count). The number of nitrogens with zero attached hydrogens (tertiary/aromatic N) is 1. The Balaban J connectivity index is 2.57. The summed E-state index contributed by atoms with van der Waals surface area (Å²) in [6.07, 6.45) is 3.80. The molecule has 1 heteroatoms. The number of benzene rings is 1. The summed E-state index contributed by atoms with van der Waals surface area (Å²) in [6.45, 7) is 3.78. The van der Waals surface area contributed by atoms with Crippen LogP contribution in [0.4, 0.5) is 0 Å². The molecular weight excluding hydrogens is 170 g/mol. The van der Waals surface area contributed by atoms with E-state index in [0.29, 0.717) is 0 Å². The van der Waals surface area contributed by atoms with Crippen LogP contribution >= 0.6 is 0 Å². The van der Waals surface area contributed by atoms with Crippen molar-refractivity contribution in [1.82, 2.24) is 0 Å². The first-order valence-corrected chi connectivity index (χ1v) is 4.60. The molecular formula is C13H12N+. The Morgan fingerprint density at radius 2 is 1.64 bits per heavy atom. The van der Waals surface area contributed by atoms with Gasteiger partial charge in [0.15, 0.2) is 12.4 Å². The van der Waals surface area contributed by atoms with Crippen molar-refractivity contribution in [1.29, 1.82) is 0 Å². The second-order valence-corrected chi connectivity index (χ2v) is 3.04. The van der Waals surface area contributed by atoms with Gasteiger partial charge in [-0.1, -0.05) is 18.2 Å². The first-order chi connectivity index (χ1) is 6.92. The molecule has 0 atom stereocenters. The van der Waals surface area contributed by atoms with E-state index in [1.54, 1.807) is 0 Å². The Hall–Kier alpha value is -1.89. The zero-order chi connectivity index (χ0) is 9.80. The van der Waals surface area contributed by atoms with Gasteiger partial charge in [0.2, 0.25) is 5.69 Å². The molecule has 1 aromatic heterocycles. The van der Waals surface area contributed by atoms with E-state index in [1.165, 1.54) is 5.56 Å². The molecule has 0 spiro atoms.